The van der Waals surface area contributed by atoms with Gasteiger partial charge in [0, 0.05) is 11.1 Å². The molecule has 0 atom stereocenters. The third-order valence-corrected chi connectivity index (χ3v) is 3.98. The number of halogens is 1. The average molecular weight is 362 g/mol. The van der Waals surface area contributed by atoms with Crippen molar-refractivity contribution >= 4 is 33.6 Å². The van der Waals surface area contributed by atoms with Gasteiger partial charge in [-0.1, -0.05) is 36.4 Å². The summed E-state index contributed by atoms with van der Waals surface area (Å²) in [5, 5.41) is 0.643. The van der Waals surface area contributed by atoms with Gasteiger partial charge in [0.15, 0.2) is 11.0 Å². The highest BCUT2D eigenvalue weighted by Gasteiger charge is 2.13. The van der Waals surface area contributed by atoms with Crippen molar-refractivity contribution in [3.63, 3.8) is 0 Å². The van der Waals surface area contributed by atoms with Crippen molar-refractivity contribution in [2.45, 2.75) is 6.92 Å². The number of hydrogen-bond acceptors (Lipinski definition) is 2. The van der Waals surface area contributed by atoms with Crippen LogP contribution in [-0.2, 0) is 0 Å². The molecule has 0 N–H and O–H groups in total. The predicted octanol–water partition coefficient (Wildman–Crippen LogP) is 4.37. The molecular weight excluding hydrogens is 351 g/mol. The van der Waals surface area contributed by atoms with Gasteiger partial charge in [-0.15, -0.1) is 0 Å². The van der Waals surface area contributed by atoms with Gasteiger partial charge in [-0.2, -0.15) is 0 Å². The summed E-state index contributed by atoms with van der Waals surface area (Å²) in [6.45, 7) is 1.81. The first kappa shape index (κ1) is 12.4. The molecule has 0 bridgehead atoms. The van der Waals surface area contributed by atoms with Crippen molar-refractivity contribution in [2.24, 2.45) is 0 Å². The molecule has 0 unspecified atom stereocenters. The molecule has 3 heteroatoms. The van der Waals surface area contributed by atoms with Crippen molar-refractivity contribution in [1.29, 1.82) is 0 Å². The SMILES string of the molecule is Cc1c(-c2ccccc2)oc2c(I)cccc2c1=O. The van der Waals surface area contributed by atoms with Gasteiger partial charge >= 0.3 is 0 Å². The van der Waals surface area contributed by atoms with Crippen LogP contribution in [0.25, 0.3) is 22.3 Å². The van der Waals surface area contributed by atoms with Gasteiger partial charge in [0.05, 0.1) is 8.96 Å². The van der Waals surface area contributed by atoms with E-state index in [9.17, 15) is 4.79 Å². The summed E-state index contributed by atoms with van der Waals surface area (Å²) in [7, 11) is 0. The van der Waals surface area contributed by atoms with E-state index in [0.717, 1.165) is 9.13 Å². The van der Waals surface area contributed by atoms with Crippen LogP contribution in [0, 0.1) is 10.5 Å². The molecule has 0 saturated carbocycles. The number of para-hydroxylation sites is 1. The van der Waals surface area contributed by atoms with Crippen LogP contribution in [0.1, 0.15) is 5.56 Å². The van der Waals surface area contributed by atoms with Crippen molar-refractivity contribution in [3.05, 3.63) is 67.9 Å². The smallest absolute Gasteiger partial charge is 0.196 e. The highest BCUT2D eigenvalue weighted by molar-refractivity contribution is 14.1. The van der Waals surface area contributed by atoms with E-state index in [1.807, 2.05) is 55.5 Å². The Hall–Kier alpha value is -1.62. The number of fused-ring (bicyclic) bond motifs is 1. The third-order valence-electron chi connectivity index (χ3n) is 3.13. The van der Waals surface area contributed by atoms with Crippen LogP contribution in [-0.4, -0.2) is 0 Å². The number of hydrogen-bond donors (Lipinski definition) is 0. The second-order valence-corrected chi connectivity index (χ2v) is 5.53. The zero-order valence-electron chi connectivity index (χ0n) is 10.3. The van der Waals surface area contributed by atoms with Crippen molar-refractivity contribution in [2.75, 3.05) is 0 Å². The molecule has 0 aliphatic rings. The van der Waals surface area contributed by atoms with Crippen molar-refractivity contribution in [1.82, 2.24) is 0 Å². The van der Waals surface area contributed by atoms with Gasteiger partial charge in [-0.25, -0.2) is 0 Å². The molecule has 2 nitrogen and oxygen atoms in total. The minimum absolute atomic E-state index is 0.0404. The lowest BCUT2D eigenvalue weighted by molar-refractivity contribution is 0.612. The molecular formula is C16H11IO2. The van der Waals surface area contributed by atoms with Gasteiger partial charge in [0.2, 0.25) is 0 Å². The Morgan fingerprint density at radius 3 is 2.47 bits per heavy atom. The average Bonchev–Trinajstić information content (AvgIpc) is 2.44. The van der Waals surface area contributed by atoms with E-state index in [4.69, 9.17) is 4.42 Å². The minimum Gasteiger partial charge on any atom is -0.454 e. The molecule has 0 saturated heterocycles. The maximum Gasteiger partial charge on any atom is 0.196 e. The van der Waals surface area contributed by atoms with Crippen molar-refractivity contribution < 1.29 is 4.42 Å². The van der Waals surface area contributed by atoms with Crippen molar-refractivity contribution in [3.8, 4) is 11.3 Å². The van der Waals surface area contributed by atoms with E-state index in [-0.39, 0.29) is 5.43 Å². The second-order valence-electron chi connectivity index (χ2n) is 4.37. The van der Waals surface area contributed by atoms with Gasteiger partial charge in [-0.05, 0) is 41.6 Å². The molecule has 0 aliphatic carbocycles. The van der Waals surface area contributed by atoms with Crippen LogP contribution in [0.5, 0.6) is 0 Å². The third kappa shape index (κ3) is 2.08. The second kappa shape index (κ2) is 4.81. The molecule has 0 fully saturated rings. The maximum absolute atomic E-state index is 12.4. The number of rotatable bonds is 1. The van der Waals surface area contributed by atoms with E-state index in [1.54, 1.807) is 0 Å². The van der Waals surface area contributed by atoms with Gasteiger partial charge in [0.1, 0.15) is 5.76 Å². The summed E-state index contributed by atoms with van der Waals surface area (Å²) in [5.74, 6) is 0.655. The highest BCUT2D eigenvalue weighted by atomic mass is 127. The molecule has 0 aliphatic heterocycles. The van der Waals surface area contributed by atoms with Crippen LogP contribution >= 0.6 is 22.6 Å². The molecule has 3 aromatic rings. The fourth-order valence-corrected chi connectivity index (χ4v) is 2.75. The summed E-state index contributed by atoms with van der Waals surface area (Å²) >= 11 is 2.19. The topological polar surface area (TPSA) is 30.2 Å². The van der Waals surface area contributed by atoms with Crippen LogP contribution < -0.4 is 5.43 Å². The lowest BCUT2D eigenvalue weighted by atomic mass is 10.1. The summed E-state index contributed by atoms with van der Waals surface area (Å²) in [6, 6.07) is 15.4. The zero-order valence-corrected chi connectivity index (χ0v) is 12.5. The lowest BCUT2D eigenvalue weighted by Crippen LogP contribution is -2.07. The van der Waals surface area contributed by atoms with E-state index in [0.29, 0.717) is 22.3 Å². The molecule has 19 heavy (non-hydrogen) atoms. The van der Waals surface area contributed by atoms with Gasteiger partial charge < -0.3 is 4.42 Å². The van der Waals surface area contributed by atoms with Crippen LogP contribution in [0.2, 0.25) is 0 Å². The molecule has 94 valence electrons. The molecule has 0 amide bonds. The molecule has 1 heterocycles. The number of benzene rings is 2. The molecule has 2 aromatic carbocycles. The van der Waals surface area contributed by atoms with E-state index < -0.39 is 0 Å². The largest absolute Gasteiger partial charge is 0.454 e. The first-order valence-corrected chi connectivity index (χ1v) is 7.03. The normalized spacial score (nSPS) is 10.8. The van der Waals surface area contributed by atoms with E-state index in [2.05, 4.69) is 22.6 Å². The fraction of sp³-hybridized carbons (Fsp3) is 0.0625. The quantitative estimate of drug-likeness (QED) is 0.602. The van der Waals surface area contributed by atoms with Gasteiger partial charge in [0.25, 0.3) is 0 Å². The fourth-order valence-electron chi connectivity index (χ4n) is 2.14. The predicted molar refractivity (Wildman–Crippen MR) is 85.4 cm³/mol. The first-order valence-electron chi connectivity index (χ1n) is 5.96. The van der Waals surface area contributed by atoms with Gasteiger partial charge in [-0.3, -0.25) is 4.79 Å². The Morgan fingerprint density at radius 1 is 1.00 bits per heavy atom. The first-order chi connectivity index (χ1) is 9.18. The molecule has 3 rings (SSSR count). The van der Waals surface area contributed by atoms with Crippen LogP contribution in [0.3, 0.4) is 0 Å². The lowest BCUT2D eigenvalue weighted by Gasteiger charge is -2.07. The standard InChI is InChI=1S/C16H11IO2/c1-10-14(18)12-8-5-9-13(17)16(12)19-15(10)11-6-3-2-4-7-11/h2-9H,1H3. The monoisotopic (exact) mass is 362 g/mol. The molecule has 0 radical (unpaired) electrons. The Morgan fingerprint density at radius 2 is 1.74 bits per heavy atom. The van der Waals surface area contributed by atoms with E-state index >= 15 is 0 Å². The minimum atomic E-state index is 0.0404. The van der Waals surface area contributed by atoms with E-state index in [1.165, 1.54) is 0 Å². The summed E-state index contributed by atoms with van der Waals surface area (Å²) in [4.78, 5) is 12.4. The maximum atomic E-state index is 12.4. The Balaban J connectivity index is 2.42. The zero-order chi connectivity index (χ0) is 13.4. The summed E-state index contributed by atoms with van der Waals surface area (Å²) < 4.78 is 6.93. The van der Waals surface area contributed by atoms with Crippen LogP contribution in [0.15, 0.2) is 57.7 Å². The Kier molecular flexibility index (Phi) is 3.14. The Bertz CT molecular complexity index is 804. The summed E-state index contributed by atoms with van der Waals surface area (Å²) in [6.07, 6.45) is 0. The molecule has 1 aromatic heterocycles. The van der Waals surface area contributed by atoms with Crippen LogP contribution in [0.4, 0.5) is 0 Å². The Labute approximate surface area is 124 Å². The summed E-state index contributed by atoms with van der Waals surface area (Å²) in [5.41, 5.74) is 2.29. The highest BCUT2D eigenvalue weighted by Crippen LogP contribution is 2.27. The molecule has 0 spiro atoms.